The van der Waals surface area contributed by atoms with Crippen molar-refractivity contribution < 1.29 is 8.42 Å². The fraction of sp³-hybridized carbons (Fsp3) is 1.00. The van der Waals surface area contributed by atoms with Crippen molar-refractivity contribution in [1.82, 2.24) is 4.31 Å². The second-order valence-electron chi connectivity index (χ2n) is 4.05. The summed E-state index contributed by atoms with van der Waals surface area (Å²) in [6.07, 6.45) is 3.69. The minimum absolute atomic E-state index is 0.0967. The van der Waals surface area contributed by atoms with Gasteiger partial charge in [0.05, 0.1) is 5.25 Å². The highest BCUT2D eigenvalue weighted by Gasteiger charge is 2.33. The van der Waals surface area contributed by atoms with E-state index >= 15 is 0 Å². The van der Waals surface area contributed by atoms with E-state index in [0.717, 1.165) is 25.7 Å². The molecule has 0 radical (unpaired) electrons. The second-order valence-corrected chi connectivity index (χ2v) is 6.32. The fourth-order valence-electron chi connectivity index (χ4n) is 1.82. The summed E-state index contributed by atoms with van der Waals surface area (Å²) in [6, 6.07) is -0.0967. The first-order valence-corrected chi connectivity index (χ1v) is 6.67. The molecule has 4 nitrogen and oxygen atoms in total. The van der Waals surface area contributed by atoms with E-state index in [-0.39, 0.29) is 11.3 Å². The van der Waals surface area contributed by atoms with Crippen molar-refractivity contribution in [1.29, 1.82) is 0 Å². The van der Waals surface area contributed by atoms with Crippen molar-refractivity contribution in [2.75, 3.05) is 13.6 Å². The normalized spacial score (nSPS) is 21.7. The lowest BCUT2D eigenvalue weighted by atomic mass is 10.4. The maximum atomic E-state index is 12.0. The molecule has 0 saturated heterocycles. The molecule has 0 aliphatic heterocycles. The summed E-state index contributed by atoms with van der Waals surface area (Å²) < 4.78 is 25.4. The van der Waals surface area contributed by atoms with Crippen LogP contribution in [0.4, 0.5) is 0 Å². The van der Waals surface area contributed by atoms with Gasteiger partial charge in [0.2, 0.25) is 10.0 Å². The summed E-state index contributed by atoms with van der Waals surface area (Å²) in [7, 11) is -1.47. The van der Waals surface area contributed by atoms with Crippen LogP contribution in [0, 0.1) is 0 Å². The zero-order chi connectivity index (χ0) is 10.8. The maximum Gasteiger partial charge on any atom is 0.217 e. The van der Waals surface area contributed by atoms with Crippen LogP contribution in [0.25, 0.3) is 0 Å². The molecule has 2 N–H and O–H groups in total. The average Bonchev–Trinajstić information content (AvgIpc) is 2.68. The van der Waals surface area contributed by atoms with Gasteiger partial charge in [0, 0.05) is 19.6 Å². The molecule has 14 heavy (non-hydrogen) atoms. The summed E-state index contributed by atoms with van der Waals surface area (Å²) in [5.41, 5.74) is 5.46. The van der Waals surface area contributed by atoms with E-state index in [1.54, 1.807) is 7.05 Å². The number of nitrogens with zero attached hydrogens (tertiary/aromatic N) is 1. The molecule has 0 amide bonds. The fourth-order valence-corrected chi connectivity index (χ4v) is 3.81. The van der Waals surface area contributed by atoms with Gasteiger partial charge in [0.15, 0.2) is 0 Å². The van der Waals surface area contributed by atoms with Gasteiger partial charge in [-0.15, -0.1) is 0 Å². The third-order valence-electron chi connectivity index (χ3n) is 3.09. The van der Waals surface area contributed by atoms with E-state index in [4.69, 9.17) is 5.73 Å². The van der Waals surface area contributed by atoms with Crippen LogP contribution in [0.3, 0.4) is 0 Å². The monoisotopic (exact) mass is 220 g/mol. The Labute approximate surface area is 86.5 Å². The SMILES string of the molecule is CC(CN)N(C)S(=O)(=O)C1CCCC1. The van der Waals surface area contributed by atoms with Gasteiger partial charge in [0.25, 0.3) is 0 Å². The van der Waals surface area contributed by atoms with Crippen LogP contribution in [0.5, 0.6) is 0 Å². The Kier molecular flexibility index (Phi) is 3.92. The Morgan fingerprint density at radius 1 is 1.43 bits per heavy atom. The first-order chi connectivity index (χ1) is 6.50. The van der Waals surface area contributed by atoms with Crippen LogP contribution in [0.15, 0.2) is 0 Å². The minimum atomic E-state index is -3.10. The molecule has 1 unspecified atom stereocenters. The Morgan fingerprint density at radius 2 is 1.93 bits per heavy atom. The van der Waals surface area contributed by atoms with Crippen LogP contribution in [-0.2, 0) is 10.0 Å². The van der Waals surface area contributed by atoms with E-state index in [1.165, 1.54) is 4.31 Å². The Hall–Kier alpha value is -0.130. The average molecular weight is 220 g/mol. The zero-order valence-corrected chi connectivity index (χ0v) is 9.76. The van der Waals surface area contributed by atoms with Crippen LogP contribution in [-0.4, -0.2) is 37.6 Å². The second kappa shape index (κ2) is 4.59. The minimum Gasteiger partial charge on any atom is -0.329 e. The smallest absolute Gasteiger partial charge is 0.217 e. The lowest BCUT2D eigenvalue weighted by Gasteiger charge is -2.26. The summed E-state index contributed by atoms with van der Waals surface area (Å²) in [6.45, 7) is 2.22. The zero-order valence-electron chi connectivity index (χ0n) is 8.94. The number of hydrogen-bond donors (Lipinski definition) is 1. The van der Waals surface area contributed by atoms with Crippen molar-refractivity contribution in [2.24, 2.45) is 5.73 Å². The third kappa shape index (κ3) is 2.27. The van der Waals surface area contributed by atoms with Gasteiger partial charge in [-0.3, -0.25) is 0 Å². The Morgan fingerprint density at radius 3 is 2.36 bits per heavy atom. The van der Waals surface area contributed by atoms with Gasteiger partial charge >= 0.3 is 0 Å². The standard InChI is InChI=1S/C9H20N2O2S/c1-8(7-10)11(2)14(12,13)9-5-3-4-6-9/h8-9H,3-7,10H2,1-2H3. The van der Waals surface area contributed by atoms with Gasteiger partial charge in [-0.25, -0.2) is 12.7 Å². The molecule has 0 aromatic heterocycles. The highest BCUT2D eigenvalue weighted by atomic mass is 32.2. The van der Waals surface area contributed by atoms with Gasteiger partial charge in [0.1, 0.15) is 0 Å². The predicted octanol–water partition coefficient (Wildman–Crippen LogP) is 0.538. The summed E-state index contributed by atoms with van der Waals surface area (Å²) in [5, 5.41) is -0.165. The number of likely N-dealkylation sites (N-methyl/N-ethyl adjacent to an activating group) is 1. The van der Waals surface area contributed by atoms with E-state index in [1.807, 2.05) is 6.92 Å². The van der Waals surface area contributed by atoms with Crippen molar-refractivity contribution >= 4 is 10.0 Å². The topological polar surface area (TPSA) is 63.4 Å². The van der Waals surface area contributed by atoms with Crippen LogP contribution < -0.4 is 5.73 Å². The molecule has 0 aromatic rings. The first kappa shape index (κ1) is 11.9. The van der Waals surface area contributed by atoms with Gasteiger partial charge < -0.3 is 5.73 Å². The van der Waals surface area contributed by atoms with Gasteiger partial charge in [-0.2, -0.15) is 0 Å². The van der Waals surface area contributed by atoms with E-state index in [2.05, 4.69) is 0 Å². The molecule has 0 heterocycles. The lowest BCUT2D eigenvalue weighted by Crippen LogP contribution is -2.43. The molecular weight excluding hydrogens is 200 g/mol. The lowest BCUT2D eigenvalue weighted by molar-refractivity contribution is 0.387. The highest BCUT2D eigenvalue weighted by molar-refractivity contribution is 7.89. The van der Waals surface area contributed by atoms with Crippen LogP contribution in [0.1, 0.15) is 32.6 Å². The highest BCUT2D eigenvalue weighted by Crippen LogP contribution is 2.27. The van der Waals surface area contributed by atoms with E-state index in [9.17, 15) is 8.42 Å². The molecule has 1 atom stereocenters. The molecule has 0 aromatic carbocycles. The summed E-state index contributed by atoms with van der Waals surface area (Å²) in [5.74, 6) is 0. The van der Waals surface area contributed by atoms with E-state index in [0.29, 0.717) is 6.54 Å². The van der Waals surface area contributed by atoms with E-state index < -0.39 is 10.0 Å². The van der Waals surface area contributed by atoms with Gasteiger partial charge in [-0.1, -0.05) is 12.8 Å². The van der Waals surface area contributed by atoms with Crippen LogP contribution in [0.2, 0.25) is 0 Å². The predicted molar refractivity (Wildman–Crippen MR) is 57.5 cm³/mol. The molecule has 5 heteroatoms. The molecule has 0 spiro atoms. The Bertz CT molecular complexity index is 271. The number of sulfonamides is 1. The van der Waals surface area contributed by atoms with Crippen molar-refractivity contribution in [3.05, 3.63) is 0 Å². The Balaban J connectivity index is 2.73. The number of rotatable bonds is 4. The molecule has 1 rings (SSSR count). The summed E-state index contributed by atoms with van der Waals surface area (Å²) >= 11 is 0. The molecule has 0 bridgehead atoms. The van der Waals surface area contributed by atoms with Crippen LogP contribution >= 0.6 is 0 Å². The molecule has 1 fully saturated rings. The summed E-state index contributed by atoms with van der Waals surface area (Å²) in [4.78, 5) is 0. The maximum absolute atomic E-state index is 12.0. The first-order valence-electron chi connectivity index (χ1n) is 5.17. The van der Waals surface area contributed by atoms with Gasteiger partial charge in [-0.05, 0) is 19.8 Å². The molecule has 1 aliphatic carbocycles. The molecule has 1 aliphatic rings. The quantitative estimate of drug-likeness (QED) is 0.752. The largest absolute Gasteiger partial charge is 0.329 e. The number of nitrogens with two attached hydrogens (primary N) is 1. The van der Waals surface area contributed by atoms with Crippen molar-refractivity contribution in [2.45, 2.75) is 43.9 Å². The molecule has 1 saturated carbocycles. The molecular formula is C9H20N2O2S. The van der Waals surface area contributed by atoms with Crippen molar-refractivity contribution in [3.63, 3.8) is 0 Å². The molecule has 84 valence electrons. The number of hydrogen-bond acceptors (Lipinski definition) is 3. The van der Waals surface area contributed by atoms with Crippen molar-refractivity contribution in [3.8, 4) is 0 Å². The third-order valence-corrected chi connectivity index (χ3v) is 5.56.